The fourth-order valence-corrected chi connectivity index (χ4v) is 3.23. The number of esters is 1. The van der Waals surface area contributed by atoms with E-state index in [-0.39, 0.29) is 22.7 Å². The number of carbonyl (C=O) groups is 2. The highest BCUT2D eigenvalue weighted by Gasteiger charge is 2.17. The number of ether oxygens (including phenoxy) is 1. The molecule has 0 heterocycles. The fourth-order valence-electron chi connectivity index (χ4n) is 2.14. The number of amides is 1. The SMILES string of the molecule is CCNS(=O)(=O)c1cccc(C(=O)OCC(=O)Nc2ccc([N+](=O)[O-])cc2)c1. The first-order valence-corrected chi connectivity index (χ1v) is 9.52. The predicted octanol–water partition coefficient (Wildman–Crippen LogP) is 1.69. The maximum atomic E-state index is 12.1. The normalized spacial score (nSPS) is 10.9. The number of nitro benzene ring substituents is 1. The molecular weight excluding hydrogens is 390 g/mol. The van der Waals surface area contributed by atoms with E-state index in [0.717, 1.165) is 6.07 Å². The quantitative estimate of drug-likeness (QED) is 0.385. The van der Waals surface area contributed by atoms with Gasteiger partial charge in [-0.15, -0.1) is 0 Å². The van der Waals surface area contributed by atoms with Gasteiger partial charge in [0.2, 0.25) is 10.0 Å². The number of carbonyl (C=O) groups excluding carboxylic acids is 2. The maximum absolute atomic E-state index is 12.1. The molecule has 0 aliphatic rings. The molecule has 0 spiro atoms. The van der Waals surface area contributed by atoms with Crippen LogP contribution in [0.15, 0.2) is 53.4 Å². The van der Waals surface area contributed by atoms with Crippen molar-refractivity contribution in [1.82, 2.24) is 4.72 Å². The van der Waals surface area contributed by atoms with Crippen LogP contribution in [0.4, 0.5) is 11.4 Å². The van der Waals surface area contributed by atoms with Gasteiger partial charge in [-0.3, -0.25) is 14.9 Å². The minimum absolute atomic E-state index is 0.0258. The molecule has 2 N–H and O–H groups in total. The molecule has 0 fully saturated rings. The van der Waals surface area contributed by atoms with Gasteiger partial charge in [-0.2, -0.15) is 0 Å². The van der Waals surface area contributed by atoms with Crippen LogP contribution in [-0.4, -0.2) is 38.4 Å². The highest BCUT2D eigenvalue weighted by Crippen LogP contribution is 2.15. The van der Waals surface area contributed by atoms with Crippen LogP contribution in [0.2, 0.25) is 0 Å². The van der Waals surface area contributed by atoms with E-state index in [1.807, 2.05) is 0 Å². The number of sulfonamides is 1. The molecule has 2 rings (SSSR count). The van der Waals surface area contributed by atoms with Crippen LogP contribution in [0.1, 0.15) is 17.3 Å². The first kappa shape index (κ1) is 21.0. The number of nitrogens with zero attached hydrogens (tertiary/aromatic N) is 1. The number of benzene rings is 2. The summed E-state index contributed by atoms with van der Waals surface area (Å²) in [6, 6.07) is 10.3. The third-order valence-corrected chi connectivity index (χ3v) is 4.95. The number of anilines is 1. The van der Waals surface area contributed by atoms with Crippen LogP contribution in [-0.2, 0) is 19.6 Å². The molecule has 0 saturated heterocycles. The monoisotopic (exact) mass is 407 g/mol. The van der Waals surface area contributed by atoms with Crippen molar-refractivity contribution < 1.29 is 27.7 Å². The lowest BCUT2D eigenvalue weighted by molar-refractivity contribution is -0.384. The summed E-state index contributed by atoms with van der Waals surface area (Å²) in [5.41, 5.74) is 0.143. The Labute approximate surface area is 160 Å². The number of nitro groups is 1. The molecule has 0 aliphatic heterocycles. The van der Waals surface area contributed by atoms with Gasteiger partial charge in [0.1, 0.15) is 0 Å². The number of non-ortho nitro benzene ring substituents is 1. The van der Waals surface area contributed by atoms with Crippen LogP contribution < -0.4 is 10.0 Å². The molecule has 0 aromatic heterocycles. The summed E-state index contributed by atoms with van der Waals surface area (Å²) in [7, 11) is -3.73. The van der Waals surface area contributed by atoms with E-state index >= 15 is 0 Å². The van der Waals surface area contributed by atoms with Gasteiger partial charge >= 0.3 is 5.97 Å². The van der Waals surface area contributed by atoms with Gasteiger partial charge in [-0.25, -0.2) is 17.9 Å². The van der Waals surface area contributed by atoms with Gasteiger partial charge in [-0.1, -0.05) is 13.0 Å². The van der Waals surface area contributed by atoms with Crippen molar-refractivity contribution in [3.8, 4) is 0 Å². The molecule has 2 aromatic carbocycles. The second kappa shape index (κ2) is 9.06. The number of rotatable bonds is 8. The minimum atomic E-state index is -3.73. The Kier molecular flexibility index (Phi) is 6.79. The zero-order valence-corrected chi connectivity index (χ0v) is 15.6. The van der Waals surface area contributed by atoms with E-state index < -0.39 is 33.4 Å². The van der Waals surface area contributed by atoms with Gasteiger partial charge in [0, 0.05) is 24.4 Å². The Morgan fingerprint density at radius 3 is 2.43 bits per heavy atom. The molecule has 2 aromatic rings. The van der Waals surface area contributed by atoms with Crippen molar-refractivity contribution in [2.45, 2.75) is 11.8 Å². The maximum Gasteiger partial charge on any atom is 0.338 e. The zero-order valence-electron chi connectivity index (χ0n) is 14.7. The van der Waals surface area contributed by atoms with Crippen LogP contribution in [0.25, 0.3) is 0 Å². The lowest BCUT2D eigenvalue weighted by atomic mass is 10.2. The van der Waals surface area contributed by atoms with E-state index in [1.165, 1.54) is 42.5 Å². The van der Waals surface area contributed by atoms with Crippen molar-refractivity contribution in [2.75, 3.05) is 18.5 Å². The second-order valence-corrected chi connectivity index (χ2v) is 7.22. The molecule has 0 atom stereocenters. The van der Waals surface area contributed by atoms with E-state index in [2.05, 4.69) is 10.0 Å². The molecule has 0 bridgehead atoms. The van der Waals surface area contributed by atoms with E-state index in [4.69, 9.17) is 4.74 Å². The molecule has 11 heteroatoms. The summed E-state index contributed by atoms with van der Waals surface area (Å²) in [6.45, 7) is 1.21. The average molecular weight is 407 g/mol. The van der Waals surface area contributed by atoms with E-state index in [1.54, 1.807) is 6.92 Å². The van der Waals surface area contributed by atoms with E-state index in [9.17, 15) is 28.1 Å². The van der Waals surface area contributed by atoms with Crippen molar-refractivity contribution in [3.63, 3.8) is 0 Å². The van der Waals surface area contributed by atoms with Crippen LogP contribution in [0, 0.1) is 10.1 Å². The first-order chi connectivity index (χ1) is 13.2. The van der Waals surface area contributed by atoms with Gasteiger partial charge in [0.25, 0.3) is 11.6 Å². The van der Waals surface area contributed by atoms with Gasteiger partial charge in [-0.05, 0) is 30.3 Å². The third-order valence-electron chi connectivity index (χ3n) is 3.41. The summed E-state index contributed by atoms with van der Waals surface area (Å²) in [5, 5.41) is 13.0. The van der Waals surface area contributed by atoms with Gasteiger partial charge in [0.05, 0.1) is 15.4 Å². The summed E-state index contributed by atoms with van der Waals surface area (Å²) < 4.78 is 31.1. The lowest BCUT2D eigenvalue weighted by Crippen LogP contribution is -2.24. The molecule has 148 valence electrons. The Morgan fingerprint density at radius 1 is 1.14 bits per heavy atom. The highest BCUT2D eigenvalue weighted by molar-refractivity contribution is 7.89. The Balaban J connectivity index is 1.96. The molecular formula is C17H17N3O7S. The molecule has 10 nitrogen and oxygen atoms in total. The second-order valence-electron chi connectivity index (χ2n) is 5.46. The largest absolute Gasteiger partial charge is 0.452 e. The number of hydrogen-bond acceptors (Lipinski definition) is 7. The number of nitrogens with one attached hydrogen (secondary N) is 2. The van der Waals surface area contributed by atoms with E-state index in [0.29, 0.717) is 5.69 Å². The summed E-state index contributed by atoms with van der Waals surface area (Å²) in [5.74, 6) is -1.52. The van der Waals surface area contributed by atoms with Crippen molar-refractivity contribution in [2.24, 2.45) is 0 Å². The Hall–Kier alpha value is -3.31. The molecule has 0 saturated carbocycles. The van der Waals surface area contributed by atoms with Crippen LogP contribution in [0.5, 0.6) is 0 Å². The van der Waals surface area contributed by atoms with Crippen LogP contribution in [0.3, 0.4) is 0 Å². The van der Waals surface area contributed by atoms with Gasteiger partial charge in [0.15, 0.2) is 6.61 Å². The Morgan fingerprint density at radius 2 is 1.82 bits per heavy atom. The minimum Gasteiger partial charge on any atom is -0.452 e. The summed E-state index contributed by atoms with van der Waals surface area (Å²) >= 11 is 0. The van der Waals surface area contributed by atoms with Crippen molar-refractivity contribution in [1.29, 1.82) is 0 Å². The predicted molar refractivity (Wildman–Crippen MR) is 99.3 cm³/mol. The number of hydrogen-bond donors (Lipinski definition) is 2. The molecule has 0 unspecified atom stereocenters. The summed E-state index contributed by atoms with van der Waals surface area (Å²) in [6.07, 6.45) is 0. The topological polar surface area (TPSA) is 145 Å². The molecule has 1 amide bonds. The lowest BCUT2D eigenvalue weighted by Gasteiger charge is -2.08. The zero-order chi connectivity index (χ0) is 20.7. The highest BCUT2D eigenvalue weighted by atomic mass is 32.2. The standard InChI is InChI=1S/C17H17N3O7S/c1-2-18-28(25,26)15-5-3-4-12(10-15)17(22)27-11-16(21)19-13-6-8-14(9-7-13)20(23)24/h3-10,18H,2,11H2,1H3,(H,19,21). The molecule has 0 radical (unpaired) electrons. The van der Waals surface area contributed by atoms with Crippen molar-refractivity contribution in [3.05, 3.63) is 64.2 Å². The van der Waals surface area contributed by atoms with Gasteiger partial charge < -0.3 is 10.1 Å². The third kappa shape index (κ3) is 5.59. The first-order valence-electron chi connectivity index (χ1n) is 8.04. The Bertz CT molecular complexity index is 988. The smallest absolute Gasteiger partial charge is 0.338 e. The summed E-state index contributed by atoms with van der Waals surface area (Å²) in [4.78, 5) is 33.8. The van der Waals surface area contributed by atoms with Crippen LogP contribution >= 0.6 is 0 Å². The molecule has 0 aliphatic carbocycles. The molecule has 28 heavy (non-hydrogen) atoms. The average Bonchev–Trinajstić information content (AvgIpc) is 2.66. The van der Waals surface area contributed by atoms with Crippen molar-refractivity contribution >= 4 is 33.3 Å². The fraction of sp³-hybridized carbons (Fsp3) is 0.176.